The molecule has 2 aliphatic rings. The van der Waals surface area contributed by atoms with Crippen LogP contribution in [-0.2, 0) is 4.79 Å². The molecule has 0 bridgehead atoms. The molecule has 0 aromatic heterocycles. The van der Waals surface area contributed by atoms with Gasteiger partial charge in [0.05, 0.1) is 5.54 Å². The number of nitrogens with zero attached hydrogens (tertiary/aromatic N) is 1. The minimum Gasteiger partial charge on any atom is -0.339 e. The summed E-state index contributed by atoms with van der Waals surface area (Å²) in [5.74, 6) is 2.73. The van der Waals surface area contributed by atoms with Crippen LogP contribution in [0.25, 0.3) is 0 Å². The Balaban J connectivity index is 1.98. The molecule has 0 aromatic carbocycles. The average molecular weight is 214 g/mol. The van der Waals surface area contributed by atoms with E-state index in [4.69, 9.17) is 5.73 Å². The predicted molar refractivity (Wildman–Crippen MR) is 59.2 cm³/mol. The summed E-state index contributed by atoms with van der Waals surface area (Å²) in [5.41, 5.74) is 5.50. The van der Waals surface area contributed by atoms with Gasteiger partial charge in [-0.2, -0.15) is 11.8 Å². The molecule has 1 saturated carbocycles. The van der Waals surface area contributed by atoms with Gasteiger partial charge in [0, 0.05) is 24.6 Å². The summed E-state index contributed by atoms with van der Waals surface area (Å²) in [6.07, 6.45) is 2.25. The Bertz CT molecular complexity index is 232. The van der Waals surface area contributed by atoms with Crippen LogP contribution in [0.2, 0.25) is 0 Å². The molecule has 0 aromatic rings. The molecule has 1 amide bonds. The predicted octanol–water partition coefficient (Wildman–Crippen LogP) is 0.689. The first-order valence-electron chi connectivity index (χ1n) is 5.28. The maximum absolute atomic E-state index is 12.1. The van der Waals surface area contributed by atoms with Gasteiger partial charge in [-0.05, 0) is 25.7 Å². The van der Waals surface area contributed by atoms with Crippen molar-refractivity contribution in [2.24, 2.45) is 11.7 Å². The largest absolute Gasteiger partial charge is 0.339 e. The second kappa shape index (κ2) is 3.74. The lowest BCUT2D eigenvalue weighted by Crippen LogP contribution is -2.56. The number of hydrogen-bond acceptors (Lipinski definition) is 3. The lowest BCUT2D eigenvalue weighted by molar-refractivity contribution is -0.136. The Labute approximate surface area is 89.4 Å². The van der Waals surface area contributed by atoms with E-state index in [0.717, 1.165) is 37.4 Å². The third-order valence-corrected chi connectivity index (χ3v) is 4.13. The molecule has 0 radical (unpaired) electrons. The van der Waals surface area contributed by atoms with E-state index < -0.39 is 5.54 Å². The Kier molecular flexibility index (Phi) is 2.75. The van der Waals surface area contributed by atoms with Crippen molar-refractivity contribution >= 4 is 17.7 Å². The summed E-state index contributed by atoms with van der Waals surface area (Å²) in [6.45, 7) is 3.65. The fourth-order valence-corrected chi connectivity index (χ4v) is 2.87. The molecule has 4 heteroatoms. The number of carbonyl (C=O) groups is 1. The van der Waals surface area contributed by atoms with E-state index in [0.29, 0.717) is 5.92 Å². The minimum atomic E-state index is -0.595. The highest BCUT2D eigenvalue weighted by Crippen LogP contribution is 2.39. The van der Waals surface area contributed by atoms with Crippen LogP contribution in [0.3, 0.4) is 0 Å². The lowest BCUT2D eigenvalue weighted by atomic mass is 9.95. The van der Waals surface area contributed by atoms with Gasteiger partial charge in [-0.15, -0.1) is 0 Å². The second-order valence-corrected chi connectivity index (χ2v) is 5.69. The van der Waals surface area contributed by atoms with Crippen molar-refractivity contribution < 1.29 is 4.79 Å². The molecule has 2 N–H and O–H groups in total. The van der Waals surface area contributed by atoms with Crippen molar-refractivity contribution in [1.29, 1.82) is 0 Å². The Morgan fingerprint density at radius 2 is 2.00 bits per heavy atom. The van der Waals surface area contributed by atoms with Crippen LogP contribution in [0.1, 0.15) is 19.8 Å². The maximum Gasteiger partial charge on any atom is 0.242 e. The standard InChI is InChI=1S/C10H18N2OS/c1-10(11,8-2-3-8)9(13)12-4-6-14-7-5-12/h8H,2-7,11H2,1H3. The van der Waals surface area contributed by atoms with Crippen molar-refractivity contribution in [1.82, 2.24) is 4.90 Å². The highest BCUT2D eigenvalue weighted by molar-refractivity contribution is 7.99. The number of amides is 1. The van der Waals surface area contributed by atoms with Crippen molar-refractivity contribution in [3.8, 4) is 0 Å². The molecule has 14 heavy (non-hydrogen) atoms. The summed E-state index contributed by atoms with van der Waals surface area (Å²) in [7, 11) is 0. The van der Waals surface area contributed by atoms with Crippen molar-refractivity contribution in [2.45, 2.75) is 25.3 Å². The summed E-state index contributed by atoms with van der Waals surface area (Å²) < 4.78 is 0. The van der Waals surface area contributed by atoms with Gasteiger partial charge in [0.25, 0.3) is 0 Å². The molecule has 2 fully saturated rings. The van der Waals surface area contributed by atoms with Gasteiger partial charge in [0.2, 0.25) is 5.91 Å². The van der Waals surface area contributed by atoms with Crippen LogP contribution in [0.4, 0.5) is 0 Å². The number of hydrogen-bond donors (Lipinski definition) is 1. The fraction of sp³-hybridized carbons (Fsp3) is 0.900. The minimum absolute atomic E-state index is 0.167. The maximum atomic E-state index is 12.1. The molecule has 1 unspecified atom stereocenters. The van der Waals surface area contributed by atoms with E-state index in [9.17, 15) is 4.79 Å². The molecular weight excluding hydrogens is 196 g/mol. The van der Waals surface area contributed by atoms with Gasteiger partial charge in [0.1, 0.15) is 0 Å². The quantitative estimate of drug-likeness (QED) is 0.735. The highest BCUT2D eigenvalue weighted by Gasteiger charge is 2.45. The van der Waals surface area contributed by atoms with E-state index in [1.54, 1.807) is 0 Å². The normalized spacial score (nSPS) is 27.1. The number of thioether (sulfide) groups is 1. The molecule has 1 saturated heterocycles. The Hall–Kier alpha value is -0.220. The fourth-order valence-electron chi connectivity index (χ4n) is 1.96. The molecule has 3 nitrogen and oxygen atoms in total. The molecule has 1 heterocycles. The summed E-state index contributed by atoms with van der Waals surface area (Å²) in [4.78, 5) is 14.0. The summed E-state index contributed by atoms with van der Waals surface area (Å²) >= 11 is 1.92. The average Bonchev–Trinajstić information content (AvgIpc) is 3.01. The molecule has 1 atom stereocenters. The topological polar surface area (TPSA) is 46.3 Å². The van der Waals surface area contributed by atoms with E-state index in [1.807, 2.05) is 23.6 Å². The van der Waals surface area contributed by atoms with E-state index in [-0.39, 0.29) is 5.91 Å². The van der Waals surface area contributed by atoms with E-state index >= 15 is 0 Å². The molecular formula is C10H18N2OS. The Morgan fingerprint density at radius 3 is 2.50 bits per heavy atom. The SMILES string of the molecule is CC(N)(C(=O)N1CCSCC1)C1CC1. The first kappa shape index (κ1) is 10.3. The van der Waals surface area contributed by atoms with Gasteiger partial charge in [-0.1, -0.05) is 0 Å². The van der Waals surface area contributed by atoms with Gasteiger partial charge >= 0.3 is 0 Å². The monoisotopic (exact) mass is 214 g/mol. The van der Waals surface area contributed by atoms with Crippen molar-refractivity contribution in [2.75, 3.05) is 24.6 Å². The van der Waals surface area contributed by atoms with Crippen LogP contribution < -0.4 is 5.73 Å². The van der Waals surface area contributed by atoms with E-state index in [2.05, 4.69) is 0 Å². The number of carbonyl (C=O) groups excluding carboxylic acids is 1. The highest BCUT2D eigenvalue weighted by atomic mass is 32.2. The molecule has 1 aliphatic carbocycles. The van der Waals surface area contributed by atoms with Crippen LogP contribution in [0, 0.1) is 5.92 Å². The zero-order valence-corrected chi connectivity index (χ0v) is 9.48. The first-order chi connectivity index (χ1) is 6.62. The third-order valence-electron chi connectivity index (χ3n) is 3.18. The molecule has 0 spiro atoms. The molecule has 1 aliphatic heterocycles. The lowest BCUT2D eigenvalue weighted by Gasteiger charge is -2.34. The van der Waals surface area contributed by atoms with Gasteiger partial charge in [-0.3, -0.25) is 4.79 Å². The zero-order chi connectivity index (χ0) is 10.2. The van der Waals surface area contributed by atoms with Crippen LogP contribution >= 0.6 is 11.8 Å². The Morgan fingerprint density at radius 1 is 1.43 bits per heavy atom. The molecule has 2 rings (SSSR count). The van der Waals surface area contributed by atoms with Gasteiger partial charge in [0.15, 0.2) is 0 Å². The summed E-state index contributed by atoms with van der Waals surface area (Å²) in [6, 6.07) is 0. The smallest absolute Gasteiger partial charge is 0.242 e. The zero-order valence-electron chi connectivity index (χ0n) is 8.66. The number of rotatable bonds is 2. The number of nitrogens with two attached hydrogens (primary N) is 1. The van der Waals surface area contributed by atoms with Gasteiger partial charge < -0.3 is 10.6 Å². The van der Waals surface area contributed by atoms with Crippen LogP contribution in [0.15, 0.2) is 0 Å². The van der Waals surface area contributed by atoms with Gasteiger partial charge in [-0.25, -0.2) is 0 Å². The van der Waals surface area contributed by atoms with Crippen LogP contribution in [-0.4, -0.2) is 40.9 Å². The summed E-state index contributed by atoms with van der Waals surface area (Å²) in [5, 5.41) is 0. The molecule has 80 valence electrons. The second-order valence-electron chi connectivity index (χ2n) is 4.46. The van der Waals surface area contributed by atoms with Crippen LogP contribution in [0.5, 0.6) is 0 Å². The first-order valence-corrected chi connectivity index (χ1v) is 6.44. The van der Waals surface area contributed by atoms with Crippen molar-refractivity contribution in [3.05, 3.63) is 0 Å². The van der Waals surface area contributed by atoms with E-state index in [1.165, 1.54) is 0 Å². The third kappa shape index (κ3) is 1.91. The van der Waals surface area contributed by atoms with Crippen molar-refractivity contribution in [3.63, 3.8) is 0 Å².